The highest BCUT2D eigenvalue weighted by Gasteiger charge is 2.32. The van der Waals surface area contributed by atoms with E-state index in [0.29, 0.717) is 11.1 Å². The molecule has 1 N–H and O–H groups in total. The van der Waals surface area contributed by atoms with Crippen molar-refractivity contribution < 1.29 is 22.8 Å². The van der Waals surface area contributed by atoms with Crippen LogP contribution in [0, 0.1) is 0 Å². The van der Waals surface area contributed by atoms with Crippen LogP contribution in [0.5, 0.6) is 0 Å². The second-order valence-electron chi connectivity index (χ2n) is 5.90. The number of aliphatic carboxylic acids is 1. The third-order valence-electron chi connectivity index (χ3n) is 3.77. The first kappa shape index (κ1) is 15.9. The van der Waals surface area contributed by atoms with E-state index in [1.165, 1.54) is 12.3 Å². The number of carbonyl (C=O) groups is 1. The lowest BCUT2D eigenvalue weighted by atomic mass is 10.2. The summed E-state index contributed by atoms with van der Waals surface area (Å²) < 4.78 is 31.5. The first-order valence-electron chi connectivity index (χ1n) is 7.29. The van der Waals surface area contributed by atoms with Gasteiger partial charge in [-0.15, -0.1) is 0 Å². The average molecular weight is 339 g/mol. The summed E-state index contributed by atoms with van der Waals surface area (Å²) >= 11 is 0. The van der Waals surface area contributed by atoms with Crippen LogP contribution in [0.4, 0.5) is 0 Å². The average Bonchev–Trinajstić information content (AvgIpc) is 3.23. The monoisotopic (exact) mass is 339 g/mol. The number of carboxylic acid groups (broad SMARTS) is 1. The first-order chi connectivity index (χ1) is 10.8. The summed E-state index contributed by atoms with van der Waals surface area (Å²) in [5, 5.41) is 13.5. The Bertz CT molecular complexity index is 854. The topological polar surface area (TPSA) is 114 Å². The molecule has 1 saturated carbocycles. The van der Waals surface area contributed by atoms with Crippen molar-refractivity contribution in [1.29, 1.82) is 0 Å². The standard InChI is InChI=1S/C14H17N3O5S/c1-8(2)17(7-12(18)19)23(20,21)10-5-11-13(9-3-4-9)16-22-14(11)15-6-10/h5-6,8-9H,3-4,7H2,1-2H3,(H,18,19). The molecular weight excluding hydrogens is 322 g/mol. The Hall–Kier alpha value is -2.00. The minimum Gasteiger partial charge on any atom is -0.480 e. The first-order valence-corrected chi connectivity index (χ1v) is 8.73. The Morgan fingerprint density at radius 3 is 2.74 bits per heavy atom. The smallest absolute Gasteiger partial charge is 0.318 e. The highest BCUT2D eigenvalue weighted by atomic mass is 32.2. The van der Waals surface area contributed by atoms with Gasteiger partial charge in [0.25, 0.3) is 5.71 Å². The molecule has 0 saturated heterocycles. The second kappa shape index (κ2) is 5.57. The van der Waals surface area contributed by atoms with Crippen molar-refractivity contribution in [3.8, 4) is 0 Å². The Morgan fingerprint density at radius 2 is 2.17 bits per heavy atom. The number of sulfonamides is 1. The van der Waals surface area contributed by atoms with Crippen molar-refractivity contribution in [2.45, 2.75) is 43.5 Å². The molecule has 0 aliphatic heterocycles. The number of pyridine rings is 1. The van der Waals surface area contributed by atoms with Crippen molar-refractivity contribution in [2.24, 2.45) is 0 Å². The number of hydrogen-bond acceptors (Lipinski definition) is 6. The molecule has 0 amide bonds. The number of carboxylic acids is 1. The van der Waals surface area contributed by atoms with Crippen LogP contribution in [0.2, 0.25) is 0 Å². The summed E-state index contributed by atoms with van der Waals surface area (Å²) in [4.78, 5) is 14.9. The van der Waals surface area contributed by atoms with Crippen molar-refractivity contribution in [2.75, 3.05) is 6.54 Å². The molecule has 8 nitrogen and oxygen atoms in total. The van der Waals surface area contributed by atoms with E-state index in [4.69, 9.17) is 9.63 Å². The Labute approximate surface area is 133 Å². The van der Waals surface area contributed by atoms with Gasteiger partial charge in [0, 0.05) is 12.0 Å². The predicted molar refractivity (Wildman–Crippen MR) is 80.4 cm³/mol. The SMILES string of the molecule is CC(C)N(CC(=O)O)S(=O)(=O)c1cnc2onc(C3CC3)c2c1. The predicted octanol–water partition coefficient (Wildman–Crippen LogP) is 1.58. The number of aromatic nitrogens is 2. The van der Waals surface area contributed by atoms with E-state index in [2.05, 4.69) is 10.1 Å². The van der Waals surface area contributed by atoms with Gasteiger partial charge in [-0.25, -0.2) is 13.4 Å². The van der Waals surface area contributed by atoms with Crippen LogP contribution in [0.3, 0.4) is 0 Å². The lowest BCUT2D eigenvalue weighted by Crippen LogP contribution is -2.40. The van der Waals surface area contributed by atoms with Gasteiger partial charge in [0.05, 0.1) is 17.3 Å². The van der Waals surface area contributed by atoms with Gasteiger partial charge >= 0.3 is 5.97 Å². The minimum atomic E-state index is -3.97. The number of nitrogens with zero attached hydrogens (tertiary/aromatic N) is 3. The normalized spacial score (nSPS) is 15.7. The molecule has 0 unspecified atom stereocenters. The fourth-order valence-electron chi connectivity index (χ4n) is 2.44. The highest BCUT2D eigenvalue weighted by Crippen LogP contribution is 2.42. The van der Waals surface area contributed by atoms with Crippen molar-refractivity contribution in [3.05, 3.63) is 18.0 Å². The molecule has 2 aromatic heterocycles. The molecule has 1 aliphatic carbocycles. The molecule has 3 rings (SSSR count). The summed E-state index contributed by atoms with van der Waals surface area (Å²) in [6.45, 7) is 2.65. The van der Waals surface area contributed by atoms with Gasteiger partial charge in [-0.05, 0) is 32.8 Å². The fourth-order valence-corrected chi connectivity index (χ4v) is 4.00. The minimum absolute atomic E-state index is 0.0509. The zero-order chi connectivity index (χ0) is 16.8. The van der Waals surface area contributed by atoms with Gasteiger partial charge in [0.15, 0.2) is 0 Å². The summed E-state index contributed by atoms with van der Waals surface area (Å²) in [6, 6.07) is 0.983. The van der Waals surface area contributed by atoms with E-state index in [9.17, 15) is 13.2 Å². The van der Waals surface area contributed by atoms with Crippen LogP contribution in [-0.2, 0) is 14.8 Å². The van der Waals surface area contributed by atoms with E-state index in [1.54, 1.807) is 13.8 Å². The van der Waals surface area contributed by atoms with Crippen LogP contribution in [0.25, 0.3) is 11.1 Å². The Kier molecular flexibility index (Phi) is 3.85. The third-order valence-corrected chi connectivity index (χ3v) is 5.76. The molecule has 9 heteroatoms. The zero-order valence-electron chi connectivity index (χ0n) is 12.8. The third kappa shape index (κ3) is 2.93. The number of hydrogen-bond donors (Lipinski definition) is 1. The molecule has 124 valence electrons. The van der Waals surface area contributed by atoms with Gasteiger partial charge in [0.1, 0.15) is 11.4 Å². The molecule has 0 bridgehead atoms. The molecule has 2 aromatic rings. The number of fused-ring (bicyclic) bond motifs is 1. The Morgan fingerprint density at radius 1 is 1.48 bits per heavy atom. The fraction of sp³-hybridized carbons (Fsp3) is 0.500. The molecule has 2 heterocycles. The van der Waals surface area contributed by atoms with Gasteiger partial charge in [-0.1, -0.05) is 5.16 Å². The lowest BCUT2D eigenvalue weighted by Gasteiger charge is -2.23. The molecule has 0 spiro atoms. The van der Waals surface area contributed by atoms with Crippen molar-refractivity contribution in [3.63, 3.8) is 0 Å². The van der Waals surface area contributed by atoms with E-state index in [1.807, 2.05) is 0 Å². The molecule has 23 heavy (non-hydrogen) atoms. The van der Waals surface area contributed by atoms with Crippen LogP contribution in [0.15, 0.2) is 21.7 Å². The van der Waals surface area contributed by atoms with Crippen LogP contribution >= 0.6 is 0 Å². The van der Waals surface area contributed by atoms with E-state index >= 15 is 0 Å². The molecule has 0 aromatic carbocycles. The maximum atomic E-state index is 12.7. The Balaban J connectivity index is 2.06. The van der Waals surface area contributed by atoms with Gasteiger partial charge in [-0.2, -0.15) is 4.31 Å². The molecule has 1 aliphatic rings. The highest BCUT2D eigenvalue weighted by molar-refractivity contribution is 7.89. The van der Waals surface area contributed by atoms with Crippen LogP contribution < -0.4 is 0 Å². The van der Waals surface area contributed by atoms with E-state index < -0.39 is 28.6 Å². The maximum Gasteiger partial charge on any atom is 0.318 e. The summed E-state index contributed by atoms with van der Waals surface area (Å²) in [7, 11) is -3.97. The van der Waals surface area contributed by atoms with Crippen molar-refractivity contribution >= 4 is 27.1 Å². The molecule has 1 fully saturated rings. The maximum absolute atomic E-state index is 12.7. The summed E-state index contributed by atoms with van der Waals surface area (Å²) in [5.74, 6) is -0.920. The van der Waals surface area contributed by atoms with Gasteiger partial charge in [0.2, 0.25) is 10.0 Å². The van der Waals surface area contributed by atoms with Crippen LogP contribution in [0.1, 0.15) is 38.3 Å². The number of rotatable bonds is 6. The quantitative estimate of drug-likeness (QED) is 0.850. The summed E-state index contributed by atoms with van der Waals surface area (Å²) in [6.07, 6.45) is 3.17. The van der Waals surface area contributed by atoms with E-state index in [-0.39, 0.29) is 10.8 Å². The molecular formula is C14H17N3O5S. The van der Waals surface area contributed by atoms with Gasteiger partial charge < -0.3 is 9.63 Å². The molecule has 0 atom stereocenters. The summed E-state index contributed by atoms with van der Waals surface area (Å²) in [5.41, 5.74) is 1.01. The van der Waals surface area contributed by atoms with Crippen molar-refractivity contribution in [1.82, 2.24) is 14.4 Å². The van der Waals surface area contributed by atoms with E-state index in [0.717, 1.165) is 22.8 Å². The second-order valence-corrected chi connectivity index (χ2v) is 7.79. The lowest BCUT2D eigenvalue weighted by molar-refractivity contribution is -0.137. The zero-order valence-corrected chi connectivity index (χ0v) is 13.6. The largest absolute Gasteiger partial charge is 0.480 e. The van der Waals surface area contributed by atoms with Crippen LogP contribution in [-0.4, -0.2) is 46.5 Å². The molecule has 0 radical (unpaired) electrons. The van der Waals surface area contributed by atoms with Gasteiger partial charge in [-0.3, -0.25) is 4.79 Å².